The zero-order chi connectivity index (χ0) is 20.3. The van der Waals surface area contributed by atoms with Crippen molar-refractivity contribution in [1.29, 1.82) is 0 Å². The van der Waals surface area contributed by atoms with Crippen molar-refractivity contribution in [3.8, 4) is 0 Å². The van der Waals surface area contributed by atoms with Crippen molar-refractivity contribution in [2.24, 2.45) is 0 Å². The highest BCUT2D eigenvalue weighted by molar-refractivity contribution is 5.61. The number of fused-ring (bicyclic) bond motifs is 1. The summed E-state index contributed by atoms with van der Waals surface area (Å²) in [5.74, 6) is 1.59. The van der Waals surface area contributed by atoms with Gasteiger partial charge < -0.3 is 15.5 Å². The normalized spacial score (nSPS) is 14.5. The van der Waals surface area contributed by atoms with Crippen molar-refractivity contribution in [2.75, 3.05) is 24.1 Å². The summed E-state index contributed by atoms with van der Waals surface area (Å²) < 4.78 is 7.11. The number of hydrogen-bond donors (Lipinski definition) is 2. The van der Waals surface area contributed by atoms with Crippen LogP contribution in [0, 0.1) is 0 Å². The average molecular weight is 403 g/mol. The number of nitrogens with two attached hydrogens (primary N) is 1. The molecular formula is C22H25N7O. The molecule has 0 unspecified atom stereocenters. The first-order valence-electron chi connectivity index (χ1n) is 10.3. The number of benzene rings is 1. The van der Waals surface area contributed by atoms with Gasteiger partial charge in [-0.3, -0.25) is 4.90 Å². The molecule has 1 aliphatic heterocycles. The number of imidazole rings is 1. The van der Waals surface area contributed by atoms with Gasteiger partial charge in [-0.1, -0.05) is 24.3 Å². The Kier molecular flexibility index (Phi) is 5.06. The summed E-state index contributed by atoms with van der Waals surface area (Å²) in [6, 6.07) is 12.6. The van der Waals surface area contributed by atoms with E-state index < -0.39 is 0 Å². The van der Waals surface area contributed by atoms with Crippen LogP contribution >= 0.6 is 0 Å². The summed E-state index contributed by atoms with van der Waals surface area (Å²) in [7, 11) is 0. The largest absolute Gasteiger partial charge is 0.467 e. The Morgan fingerprint density at radius 2 is 1.87 bits per heavy atom. The predicted octanol–water partition coefficient (Wildman–Crippen LogP) is 3.10. The Labute approximate surface area is 174 Å². The average Bonchev–Trinajstić information content (AvgIpc) is 3.51. The van der Waals surface area contributed by atoms with E-state index in [4.69, 9.17) is 10.2 Å². The molecule has 8 nitrogen and oxygen atoms in total. The summed E-state index contributed by atoms with van der Waals surface area (Å²) in [5.41, 5.74) is 10.2. The predicted molar refractivity (Wildman–Crippen MR) is 115 cm³/mol. The van der Waals surface area contributed by atoms with Crippen LogP contribution in [0.25, 0.3) is 5.65 Å². The quantitative estimate of drug-likeness (QED) is 0.489. The first-order valence-corrected chi connectivity index (χ1v) is 10.3. The Morgan fingerprint density at radius 1 is 1.07 bits per heavy atom. The summed E-state index contributed by atoms with van der Waals surface area (Å²) in [5, 5.41) is 7.73. The van der Waals surface area contributed by atoms with Gasteiger partial charge in [0, 0.05) is 13.0 Å². The summed E-state index contributed by atoms with van der Waals surface area (Å²) in [6.45, 7) is 3.94. The van der Waals surface area contributed by atoms with E-state index in [1.54, 1.807) is 10.8 Å². The zero-order valence-electron chi connectivity index (χ0n) is 16.8. The highest BCUT2D eigenvalue weighted by Crippen LogP contribution is 2.18. The highest BCUT2D eigenvalue weighted by Gasteiger charge is 2.13. The van der Waals surface area contributed by atoms with Crippen LogP contribution in [-0.4, -0.2) is 37.6 Å². The van der Waals surface area contributed by atoms with Gasteiger partial charge in [-0.2, -0.15) is 4.98 Å². The molecular weight excluding hydrogens is 378 g/mol. The minimum Gasteiger partial charge on any atom is -0.467 e. The van der Waals surface area contributed by atoms with E-state index in [0.717, 1.165) is 24.4 Å². The number of nitrogens with one attached hydrogen (secondary N) is 1. The van der Waals surface area contributed by atoms with E-state index in [1.165, 1.54) is 37.1 Å². The summed E-state index contributed by atoms with van der Waals surface area (Å²) in [4.78, 5) is 11.2. The molecule has 8 heteroatoms. The molecule has 1 saturated heterocycles. The maximum atomic E-state index is 6.11. The van der Waals surface area contributed by atoms with Gasteiger partial charge in [0.1, 0.15) is 5.76 Å². The van der Waals surface area contributed by atoms with Gasteiger partial charge in [-0.15, -0.1) is 5.10 Å². The summed E-state index contributed by atoms with van der Waals surface area (Å²) in [6.07, 6.45) is 6.80. The fourth-order valence-corrected chi connectivity index (χ4v) is 3.89. The molecule has 0 bridgehead atoms. The first-order chi connectivity index (χ1) is 14.7. The van der Waals surface area contributed by atoms with Crippen LogP contribution in [0.3, 0.4) is 0 Å². The van der Waals surface area contributed by atoms with Crippen molar-refractivity contribution in [2.45, 2.75) is 32.4 Å². The van der Waals surface area contributed by atoms with Crippen molar-refractivity contribution in [3.63, 3.8) is 0 Å². The lowest BCUT2D eigenvalue weighted by Gasteiger charge is -2.14. The molecule has 0 saturated carbocycles. The fourth-order valence-electron chi connectivity index (χ4n) is 3.89. The lowest BCUT2D eigenvalue weighted by molar-refractivity contribution is 0.331. The number of aromatic nitrogens is 4. The lowest BCUT2D eigenvalue weighted by Crippen LogP contribution is -2.18. The van der Waals surface area contributed by atoms with E-state index in [0.29, 0.717) is 24.0 Å². The fraction of sp³-hybridized carbons (Fsp3) is 0.318. The van der Waals surface area contributed by atoms with E-state index in [-0.39, 0.29) is 0 Å². The number of furan rings is 1. The molecule has 3 aromatic heterocycles. The molecule has 0 radical (unpaired) electrons. The van der Waals surface area contributed by atoms with Crippen LogP contribution in [0.4, 0.5) is 11.8 Å². The Bertz CT molecular complexity index is 1110. The topological polar surface area (TPSA) is 97.5 Å². The Balaban J connectivity index is 1.32. The van der Waals surface area contributed by atoms with Gasteiger partial charge in [0.05, 0.1) is 24.7 Å². The van der Waals surface area contributed by atoms with E-state index in [9.17, 15) is 0 Å². The van der Waals surface area contributed by atoms with Gasteiger partial charge in [0.15, 0.2) is 11.5 Å². The van der Waals surface area contributed by atoms with Crippen molar-refractivity contribution in [3.05, 3.63) is 71.4 Å². The number of rotatable bonds is 7. The second kappa shape index (κ2) is 8.16. The second-order valence-corrected chi connectivity index (χ2v) is 7.72. The maximum Gasteiger partial charge on any atom is 0.243 e. The van der Waals surface area contributed by atoms with E-state index in [2.05, 4.69) is 49.5 Å². The molecule has 30 heavy (non-hydrogen) atoms. The Hall–Kier alpha value is -3.39. The molecule has 0 atom stereocenters. The van der Waals surface area contributed by atoms with Gasteiger partial charge >= 0.3 is 0 Å². The van der Waals surface area contributed by atoms with Crippen molar-refractivity contribution >= 4 is 17.4 Å². The maximum absolute atomic E-state index is 6.11. The number of likely N-dealkylation sites (tertiary alicyclic amines) is 1. The number of anilines is 2. The molecule has 3 N–H and O–H groups in total. The molecule has 0 spiro atoms. The second-order valence-electron chi connectivity index (χ2n) is 7.72. The third-order valence-corrected chi connectivity index (χ3v) is 5.47. The standard InChI is InChI=1S/C22H25N7O/c23-20-21-24-13-18(29(21)27-22(26-20)25-14-19-4-3-11-30-19)12-16-5-7-17(8-6-16)15-28-9-1-2-10-28/h3-8,11,13H,1-2,9-10,12,14-15H2,(H3,23,25,26,27). The van der Waals surface area contributed by atoms with Crippen molar-refractivity contribution < 1.29 is 4.42 Å². The van der Waals surface area contributed by atoms with Gasteiger partial charge in [-0.25, -0.2) is 9.50 Å². The van der Waals surface area contributed by atoms with Crippen LogP contribution in [0.5, 0.6) is 0 Å². The molecule has 1 fully saturated rings. The number of nitrogen functional groups attached to an aromatic ring is 1. The molecule has 0 amide bonds. The molecule has 1 aliphatic rings. The van der Waals surface area contributed by atoms with Gasteiger partial charge in [-0.05, 0) is 49.2 Å². The van der Waals surface area contributed by atoms with Gasteiger partial charge in [0.2, 0.25) is 5.95 Å². The monoisotopic (exact) mass is 403 g/mol. The number of nitrogens with zero attached hydrogens (tertiary/aromatic N) is 5. The molecule has 154 valence electrons. The van der Waals surface area contributed by atoms with Crippen LogP contribution < -0.4 is 11.1 Å². The van der Waals surface area contributed by atoms with Gasteiger partial charge in [0.25, 0.3) is 0 Å². The minimum absolute atomic E-state index is 0.346. The lowest BCUT2D eigenvalue weighted by atomic mass is 10.1. The molecule has 1 aromatic carbocycles. The smallest absolute Gasteiger partial charge is 0.243 e. The molecule has 4 aromatic rings. The SMILES string of the molecule is Nc1nc(NCc2ccco2)nn2c(Cc3ccc(CN4CCCC4)cc3)cnc12. The van der Waals surface area contributed by atoms with Crippen molar-refractivity contribution in [1.82, 2.24) is 24.5 Å². The highest BCUT2D eigenvalue weighted by atomic mass is 16.3. The molecule has 5 rings (SSSR count). The van der Waals surface area contributed by atoms with E-state index >= 15 is 0 Å². The van der Waals surface area contributed by atoms with Crippen LogP contribution in [0.15, 0.2) is 53.3 Å². The third kappa shape index (κ3) is 3.99. The first kappa shape index (κ1) is 18.6. The minimum atomic E-state index is 0.346. The zero-order valence-corrected chi connectivity index (χ0v) is 16.8. The number of hydrogen-bond acceptors (Lipinski definition) is 7. The van der Waals surface area contributed by atoms with Crippen LogP contribution in [0.1, 0.15) is 35.4 Å². The third-order valence-electron chi connectivity index (χ3n) is 5.47. The van der Waals surface area contributed by atoms with Crippen LogP contribution in [-0.2, 0) is 19.5 Å². The van der Waals surface area contributed by atoms with E-state index in [1.807, 2.05) is 18.3 Å². The Morgan fingerprint density at radius 3 is 2.63 bits per heavy atom. The molecule has 4 heterocycles. The molecule has 0 aliphatic carbocycles. The van der Waals surface area contributed by atoms with Crippen LogP contribution in [0.2, 0.25) is 0 Å². The summed E-state index contributed by atoms with van der Waals surface area (Å²) >= 11 is 0.